The summed E-state index contributed by atoms with van der Waals surface area (Å²) >= 11 is 0. The van der Waals surface area contributed by atoms with Gasteiger partial charge in [0, 0.05) is 5.56 Å². The second-order valence-corrected chi connectivity index (χ2v) is 2.75. The molecule has 0 spiro atoms. The third-order valence-corrected chi connectivity index (χ3v) is 1.84. The SMILES string of the molecule is O=C(c1ccccc1)N1CCN=N1. The number of amides is 1. The topological polar surface area (TPSA) is 45.0 Å². The summed E-state index contributed by atoms with van der Waals surface area (Å²) in [5, 5.41) is 8.85. The van der Waals surface area contributed by atoms with Crippen LogP contribution in [0.1, 0.15) is 10.4 Å². The first-order chi connectivity index (χ1) is 6.38. The van der Waals surface area contributed by atoms with Crippen LogP contribution in [0.25, 0.3) is 0 Å². The van der Waals surface area contributed by atoms with Crippen LogP contribution in [-0.4, -0.2) is 24.0 Å². The Bertz CT molecular complexity index is 334. The van der Waals surface area contributed by atoms with E-state index in [1.165, 1.54) is 5.01 Å². The molecular weight excluding hydrogens is 166 g/mol. The molecule has 2 rings (SSSR count). The molecule has 1 aliphatic rings. The van der Waals surface area contributed by atoms with Crippen LogP contribution >= 0.6 is 0 Å². The highest BCUT2D eigenvalue weighted by Crippen LogP contribution is 2.08. The predicted molar refractivity (Wildman–Crippen MR) is 47.2 cm³/mol. The molecule has 66 valence electrons. The van der Waals surface area contributed by atoms with Crippen LogP contribution < -0.4 is 0 Å². The van der Waals surface area contributed by atoms with Gasteiger partial charge in [0.05, 0.1) is 13.1 Å². The Morgan fingerprint density at radius 2 is 2.08 bits per heavy atom. The van der Waals surface area contributed by atoms with E-state index >= 15 is 0 Å². The molecule has 0 radical (unpaired) electrons. The quantitative estimate of drug-likeness (QED) is 0.638. The van der Waals surface area contributed by atoms with Crippen LogP contribution in [0.5, 0.6) is 0 Å². The van der Waals surface area contributed by atoms with E-state index in [0.717, 1.165) is 0 Å². The first-order valence-corrected chi connectivity index (χ1v) is 4.12. The molecule has 1 amide bonds. The van der Waals surface area contributed by atoms with Crippen molar-refractivity contribution in [1.82, 2.24) is 5.01 Å². The highest BCUT2D eigenvalue weighted by atomic mass is 16.2. The van der Waals surface area contributed by atoms with Crippen molar-refractivity contribution in [2.45, 2.75) is 0 Å². The molecular formula is C9H9N3O. The monoisotopic (exact) mass is 175 g/mol. The van der Waals surface area contributed by atoms with Crippen molar-refractivity contribution < 1.29 is 4.79 Å². The Morgan fingerprint density at radius 1 is 1.31 bits per heavy atom. The third-order valence-electron chi connectivity index (χ3n) is 1.84. The molecule has 0 fully saturated rings. The van der Waals surface area contributed by atoms with Crippen LogP contribution in [0.3, 0.4) is 0 Å². The average Bonchev–Trinajstić information content (AvgIpc) is 2.71. The minimum absolute atomic E-state index is 0.0816. The molecule has 4 nitrogen and oxygen atoms in total. The standard InChI is InChI=1S/C9H9N3O/c13-9(12-7-6-10-11-12)8-4-2-1-3-5-8/h1-5H,6-7H2. The molecule has 0 saturated carbocycles. The van der Waals surface area contributed by atoms with Crippen LogP contribution in [-0.2, 0) is 0 Å². The van der Waals surface area contributed by atoms with E-state index in [1.807, 2.05) is 18.2 Å². The Morgan fingerprint density at radius 3 is 2.69 bits per heavy atom. The second-order valence-electron chi connectivity index (χ2n) is 2.75. The molecule has 1 aromatic carbocycles. The van der Waals surface area contributed by atoms with Crippen LogP contribution in [0, 0.1) is 0 Å². The zero-order chi connectivity index (χ0) is 9.10. The van der Waals surface area contributed by atoms with Crippen LogP contribution in [0.4, 0.5) is 0 Å². The zero-order valence-electron chi connectivity index (χ0n) is 7.05. The van der Waals surface area contributed by atoms with Crippen molar-refractivity contribution in [1.29, 1.82) is 0 Å². The summed E-state index contributed by atoms with van der Waals surface area (Å²) in [6.07, 6.45) is 0. The zero-order valence-corrected chi connectivity index (χ0v) is 7.05. The van der Waals surface area contributed by atoms with Gasteiger partial charge in [0.1, 0.15) is 0 Å². The molecule has 0 saturated heterocycles. The lowest BCUT2D eigenvalue weighted by molar-refractivity contribution is 0.0778. The molecule has 0 bridgehead atoms. The molecule has 0 N–H and O–H groups in total. The van der Waals surface area contributed by atoms with Gasteiger partial charge in [-0.05, 0) is 12.1 Å². The minimum atomic E-state index is -0.0816. The van der Waals surface area contributed by atoms with Crippen molar-refractivity contribution in [2.75, 3.05) is 13.1 Å². The molecule has 1 aliphatic heterocycles. The number of hydrogen-bond donors (Lipinski definition) is 0. The summed E-state index contributed by atoms with van der Waals surface area (Å²) in [6, 6.07) is 9.09. The van der Waals surface area contributed by atoms with E-state index in [0.29, 0.717) is 18.7 Å². The maximum atomic E-state index is 11.6. The molecule has 0 aliphatic carbocycles. The largest absolute Gasteiger partial charge is 0.275 e. The molecule has 0 unspecified atom stereocenters. The number of rotatable bonds is 1. The minimum Gasteiger partial charge on any atom is -0.267 e. The van der Waals surface area contributed by atoms with Crippen LogP contribution in [0.2, 0.25) is 0 Å². The summed E-state index contributed by atoms with van der Waals surface area (Å²) in [5.74, 6) is -0.0816. The van der Waals surface area contributed by atoms with Crippen LogP contribution in [0.15, 0.2) is 40.7 Å². The number of hydrogen-bond acceptors (Lipinski definition) is 3. The Hall–Kier alpha value is -1.71. The Labute approximate surface area is 75.9 Å². The number of nitrogens with zero attached hydrogens (tertiary/aromatic N) is 3. The smallest absolute Gasteiger partial charge is 0.267 e. The fourth-order valence-electron chi connectivity index (χ4n) is 1.18. The summed E-state index contributed by atoms with van der Waals surface area (Å²) in [6.45, 7) is 1.20. The number of benzene rings is 1. The maximum absolute atomic E-state index is 11.6. The van der Waals surface area contributed by atoms with Gasteiger partial charge in [-0.25, -0.2) is 5.01 Å². The molecule has 4 heteroatoms. The highest BCUT2D eigenvalue weighted by molar-refractivity contribution is 5.93. The summed E-state index contributed by atoms with van der Waals surface area (Å²) in [7, 11) is 0. The van der Waals surface area contributed by atoms with E-state index in [2.05, 4.69) is 10.3 Å². The average molecular weight is 175 g/mol. The van der Waals surface area contributed by atoms with E-state index in [-0.39, 0.29) is 5.91 Å². The van der Waals surface area contributed by atoms with Gasteiger partial charge in [-0.3, -0.25) is 4.79 Å². The first-order valence-electron chi connectivity index (χ1n) is 4.12. The number of carbonyl (C=O) groups excluding carboxylic acids is 1. The van der Waals surface area contributed by atoms with Gasteiger partial charge in [-0.15, -0.1) is 0 Å². The van der Waals surface area contributed by atoms with Crippen molar-refractivity contribution >= 4 is 5.91 Å². The fraction of sp³-hybridized carbons (Fsp3) is 0.222. The first kappa shape index (κ1) is 7.91. The van der Waals surface area contributed by atoms with Gasteiger partial charge in [-0.1, -0.05) is 23.4 Å². The third kappa shape index (κ3) is 1.56. The molecule has 0 atom stereocenters. The highest BCUT2D eigenvalue weighted by Gasteiger charge is 2.17. The fourth-order valence-corrected chi connectivity index (χ4v) is 1.18. The molecule has 0 aromatic heterocycles. The molecule has 1 aromatic rings. The van der Waals surface area contributed by atoms with Crippen molar-refractivity contribution in [3.05, 3.63) is 35.9 Å². The van der Waals surface area contributed by atoms with Crippen molar-refractivity contribution in [3.63, 3.8) is 0 Å². The van der Waals surface area contributed by atoms with E-state index in [9.17, 15) is 4.79 Å². The van der Waals surface area contributed by atoms with Gasteiger partial charge in [0.25, 0.3) is 5.91 Å². The molecule has 13 heavy (non-hydrogen) atoms. The van der Waals surface area contributed by atoms with E-state index in [1.54, 1.807) is 12.1 Å². The van der Waals surface area contributed by atoms with Gasteiger partial charge in [0.2, 0.25) is 0 Å². The van der Waals surface area contributed by atoms with Gasteiger partial charge in [0.15, 0.2) is 0 Å². The van der Waals surface area contributed by atoms with E-state index < -0.39 is 0 Å². The summed E-state index contributed by atoms with van der Waals surface area (Å²) in [4.78, 5) is 11.6. The van der Waals surface area contributed by atoms with Gasteiger partial charge >= 0.3 is 0 Å². The Balaban J connectivity index is 2.18. The lowest BCUT2D eigenvalue weighted by atomic mass is 10.2. The summed E-state index contributed by atoms with van der Waals surface area (Å²) in [5.41, 5.74) is 0.656. The van der Waals surface area contributed by atoms with Gasteiger partial charge < -0.3 is 0 Å². The van der Waals surface area contributed by atoms with Gasteiger partial charge in [-0.2, -0.15) is 5.11 Å². The number of carbonyl (C=O) groups is 1. The van der Waals surface area contributed by atoms with Crippen molar-refractivity contribution in [2.24, 2.45) is 10.3 Å². The summed E-state index contributed by atoms with van der Waals surface area (Å²) < 4.78 is 0. The van der Waals surface area contributed by atoms with E-state index in [4.69, 9.17) is 0 Å². The van der Waals surface area contributed by atoms with Crippen molar-refractivity contribution in [3.8, 4) is 0 Å². The lowest BCUT2D eigenvalue weighted by Gasteiger charge is -2.08. The lowest BCUT2D eigenvalue weighted by Crippen LogP contribution is -2.24. The second kappa shape index (κ2) is 3.35. The normalized spacial score (nSPS) is 14.9. The molecule has 1 heterocycles. The Kier molecular flexibility index (Phi) is 2.04. The predicted octanol–water partition coefficient (Wildman–Crippen LogP) is 1.51. The maximum Gasteiger partial charge on any atom is 0.275 e.